The van der Waals surface area contributed by atoms with E-state index in [0.29, 0.717) is 17.8 Å². The Morgan fingerprint density at radius 3 is 3.00 bits per heavy atom. The lowest BCUT2D eigenvalue weighted by atomic mass is 10.1. The van der Waals surface area contributed by atoms with Gasteiger partial charge in [-0.15, -0.1) is 0 Å². The lowest BCUT2D eigenvalue weighted by Gasteiger charge is -2.40. The Hall–Kier alpha value is -1.16. The van der Waals surface area contributed by atoms with Gasteiger partial charge in [-0.3, -0.25) is 0 Å². The van der Waals surface area contributed by atoms with Crippen molar-refractivity contribution in [2.75, 3.05) is 18.0 Å². The summed E-state index contributed by atoms with van der Waals surface area (Å²) >= 11 is 0. The van der Waals surface area contributed by atoms with Crippen LogP contribution in [0.25, 0.3) is 0 Å². The number of anilines is 1. The van der Waals surface area contributed by atoms with Gasteiger partial charge < -0.3 is 10.2 Å². The van der Waals surface area contributed by atoms with Crippen LogP contribution >= 0.6 is 0 Å². The number of rotatable bonds is 1. The largest absolute Gasteiger partial charge is 0.363 e. The zero-order valence-corrected chi connectivity index (χ0v) is 9.63. The number of nitrogens with zero attached hydrogens (tertiary/aromatic N) is 1. The first-order valence-electron chi connectivity index (χ1n) is 6.21. The van der Waals surface area contributed by atoms with Crippen molar-refractivity contribution >= 4 is 5.69 Å². The Kier molecular flexibility index (Phi) is 2.74. The number of hydrogen-bond donors (Lipinski definition) is 1. The van der Waals surface area contributed by atoms with E-state index in [-0.39, 0.29) is 11.6 Å². The predicted molar refractivity (Wildman–Crippen MR) is 63.1 cm³/mol. The Labute approximate surface area is 99.6 Å². The van der Waals surface area contributed by atoms with E-state index in [4.69, 9.17) is 0 Å². The fourth-order valence-corrected chi connectivity index (χ4v) is 3.09. The fraction of sp³-hybridized carbons (Fsp3) is 0.538. The summed E-state index contributed by atoms with van der Waals surface area (Å²) in [7, 11) is 0. The SMILES string of the molecule is Fc1ccc(F)c(N2CCN[C@H]3CCC[C@H]32)c1. The molecule has 1 aromatic rings. The molecule has 17 heavy (non-hydrogen) atoms. The number of halogens is 2. The van der Waals surface area contributed by atoms with Crippen molar-refractivity contribution in [3.8, 4) is 0 Å². The van der Waals surface area contributed by atoms with Crippen LogP contribution in [0.1, 0.15) is 19.3 Å². The molecular weight excluding hydrogens is 222 g/mol. The highest BCUT2D eigenvalue weighted by Gasteiger charge is 2.35. The van der Waals surface area contributed by atoms with Crippen molar-refractivity contribution in [2.24, 2.45) is 0 Å². The zero-order valence-electron chi connectivity index (χ0n) is 9.63. The maximum atomic E-state index is 13.8. The van der Waals surface area contributed by atoms with E-state index < -0.39 is 0 Å². The zero-order chi connectivity index (χ0) is 11.8. The average molecular weight is 238 g/mol. The molecule has 3 rings (SSSR count). The minimum atomic E-state index is -0.366. The monoisotopic (exact) mass is 238 g/mol. The van der Waals surface area contributed by atoms with Crippen LogP contribution in [-0.2, 0) is 0 Å². The molecule has 1 heterocycles. The van der Waals surface area contributed by atoms with E-state index in [9.17, 15) is 8.78 Å². The molecule has 0 unspecified atom stereocenters. The van der Waals surface area contributed by atoms with E-state index in [2.05, 4.69) is 5.32 Å². The highest BCUT2D eigenvalue weighted by molar-refractivity contribution is 5.50. The maximum absolute atomic E-state index is 13.8. The molecule has 4 heteroatoms. The molecule has 1 N–H and O–H groups in total. The second kappa shape index (κ2) is 4.26. The molecule has 1 aliphatic carbocycles. The summed E-state index contributed by atoms with van der Waals surface area (Å²) in [5, 5.41) is 3.46. The molecule has 2 atom stereocenters. The van der Waals surface area contributed by atoms with Crippen LogP contribution in [0.3, 0.4) is 0 Å². The molecule has 1 saturated heterocycles. The predicted octanol–water partition coefficient (Wildman–Crippen LogP) is 2.30. The molecule has 2 fully saturated rings. The van der Waals surface area contributed by atoms with Crippen molar-refractivity contribution in [3.63, 3.8) is 0 Å². The number of benzene rings is 1. The molecule has 2 nitrogen and oxygen atoms in total. The van der Waals surface area contributed by atoms with Crippen molar-refractivity contribution in [1.29, 1.82) is 0 Å². The van der Waals surface area contributed by atoms with Crippen LogP contribution in [0.2, 0.25) is 0 Å². The van der Waals surface area contributed by atoms with Gasteiger partial charge in [0, 0.05) is 31.2 Å². The number of nitrogens with one attached hydrogen (secondary N) is 1. The van der Waals surface area contributed by atoms with Gasteiger partial charge >= 0.3 is 0 Å². The highest BCUT2D eigenvalue weighted by Crippen LogP contribution is 2.32. The van der Waals surface area contributed by atoms with Gasteiger partial charge in [-0.05, 0) is 31.4 Å². The van der Waals surface area contributed by atoms with Gasteiger partial charge in [-0.1, -0.05) is 0 Å². The molecule has 92 valence electrons. The summed E-state index contributed by atoms with van der Waals surface area (Å²) in [6.07, 6.45) is 3.36. The van der Waals surface area contributed by atoms with Gasteiger partial charge in [0.05, 0.1) is 5.69 Å². The first-order chi connectivity index (χ1) is 8.25. The molecule has 0 aromatic heterocycles. The molecule has 0 radical (unpaired) electrons. The average Bonchev–Trinajstić information content (AvgIpc) is 2.80. The normalized spacial score (nSPS) is 28.2. The lowest BCUT2D eigenvalue weighted by Crippen LogP contribution is -2.55. The first-order valence-corrected chi connectivity index (χ1v) is 6.21. The van der Waals surface area contributed by atoms with Crippen molar-refractivity contribution in [2.45, 2.75) is 31.3 Å². The van der Waals surface area contributed by atoms with Gasteiger partial charge in [-0.25, -0.2) is 8.78 Å². The Bertz CT molecular complexity index is 422. The third-order valence-electron chi connectivity index (χ3n) is 3.86. The second-order valence-electron chi connectivity index (χ2n) is 4.85. The quantitative estimate of drug-likeness (QED) is 0.807. The van der Waals surface area contributed by atoms with Crippen LogP contribution < -0.4 is 10.2 Å². The highest BCUT2D eigenvalue weighted by atomic mass is 19.1. The molecular formula is C13H16F2N2. The number of hydrogen-bond acceptors (Lipinski definition) is 2. The van der Waals surface area contributed by atoms with Crippen molar-refractivity contribution < 1.29 is 8.78 Å². The summed E-state index contributed by atoms with van der Waals surface area (Å²) in [6, 6.07) is 4.46. The van der Waals surface area contributed by atoms with Gasteiger partial charge in [-0.2, -0.15) is 0 Å². The van der Waals surface area contributed by atoms with E-state index in [1.54, 1.807) is 0 Å². The molecule has 0 spiro atoms. The maximum Gasteiger partial charge on any atom is 0.146 e. The second-order valence-corrected chi connectivity index (χ2v) is 4.85. The molecule has 1 saturated carbocycles. The van der Waals surface area contributed by atoms with Crippen molar-refractivity contribution in [3.05, 3.63) is 29.8 Å². The lowest BCUT2D eigenvalue weighted by molar-refractivity contribution is 0.399. The summed E-state index contributed by atoms with van der Waals surface area (Å²) < 4.78 is 27.0. The van der Waals surface area contributed by atoms with Crippen LogP contribution in [0, 0.1) is 11.6 Å². The van der Waals surface area contributed by atoms with Gasteiger partial charge in [0.15, 0.2) is 0 Å². The van der Waals surface area contributed by atoms with Crippen LogP contribution in [0.5, 0.6) is 0 Å². The Morgan fingerprint density at radius 2 is 2.12 bits per heavy atom. The smallest absolute Gasteiger partial charge is 0.146 e. The van der Waals surface area contributed by atoms with Gasteiger partial charge in [0.2, 0.25) is 0 Å². The van der Waals surface area contributed by atoms with Crippen LogP contribution in [0.15, 0.2) is 18.2 Å². The Morgan fingerprint density at radius 1 is 1.24 bits per heavy atom. The molecule has 0 bridgehead atoms. The molecule has 0 amide bonds. The molecule has 1 aliphatic heterocycles. The summed E-state index contributed by atoms with van der Waals surface area (Å²) in [5.41, 5.74) is 0.420. The minimum Gasteiger partial charge on any atom is -0.363 e. The third kappa shape index (κ3) is 1.90. The van der Waals surface area contributed by atoms with E-state index in [0.717, 1.165) is 32.4 Å². The topological polar surface area (TPSA) is 15.3 Å². The van der Waals surface area contributed by atoms with Crippen molar-refractivity contribution in [1.82, 2.24) is 5.32 Å². The van der Waals surface area contributed by atoms with E-state index in [1.807, 2.05) is 4.90 Å². The third-order valence-corrected chi connectivity index (χ3v) is 3.86. The van der Waals surface area contributed by atoms with Gasteiger partial charge in [0.25, 0.3) is 0 Å². The summed E-state index contributed by atoms with van der Waals surface area (Å²) in [5.74, 6) is -0.687. The van der Waals surface area contributed by atoms with E-state index in [1.165, 1.54) is 18.2 Å². The number of piperazine rings is 1. The van der Waals surface area contributed by atoms with Gasteiger partial charge in [0.1, 0.15) is 11.6 Å². The summed E-state index contributed by atoms with van der Waals surface area (Å²) in [6.45, 7) is 1.60. The van der Waals surface area contributed by atoms with Crippen LogP contribution in [0.4, 0.5) is 14.5 Å². The Balaban J connectivity index is 1.94. The van der Waals surface area contributed by atoms with E-state index >= 15 is 0 Å². The fourth-order valence-electron chi connectivity index (χ4n) is 3.09. The van der Waals surface area contributed by atoms with Crippen LogP contribution in [-0.4, -0.2) is 25.2 Å². The first kappa shape index (κ1) is 11.0. The molecule has 2 aliphatic rings. The standard InChI is InChI=1S/C13H16F2N2/c14-9-4-5-10(15)13(8-9)17-7-6-16-11-2-1-3-12(11)17/h4-5,8,11-12,16H,1-3,6-7H2/t11-,12+/m0/s1. The summed E-state index contributed by atoms with van der Waals surface area (Å²) in [4.78, 5) is 2.03. The minimum absolute atomic E-state index is 0.319. The molecule has 1 aromatic carbocycles. The number of fused-ring (bicyclic) bond motifs is 1.